The summed E-state index contributed by atoms with van der Waals surface area (Å²) in [4.78, 5) is 40.3. The second kappa shape index (κ2) is 15.2. The Labute approximate surface area is 279 Å². The van der Waals surface area contributed by atoms with Gasteiger partial charge in [-0.1, -0.05) is 78.3 Å². The van der Waals surface area contributed by atoms with E-state index in [1.165, 1.54) is 23.1 Å². The van der Waals surface area contributed by atoms with Crippen LogP contribution in [-0.2, 0) is 9.59 Å². The summed E-state index contributed by atoms with van der Waals surface area (Å²) < 4.78 is 0. The van der Waals surface area contributed by atoms with Crippen molar-refractivity contribution in [1.29, 1.82) is 5.26 Å². The molecule has 1 atom stereocenters. The summed E-state index contributed by atoms with van der Waals surface area (Å²) in [5.74, 6) is -1.23. The van der Waals surface area contributed by atoms with E-state index in [1.807, 2.05) is 41.8 Å². The first-order valence-corrected chi connectivity index (χ1v) is 16.2. The molecule has 7 nitrogen and oxygen atoms in total. The van der Waals surface area contributed by atoms with Crippen molar-refractivity contribution in [3.05, 3.63) is 142 Å². The lowest BCUT2D eigenvalue weighted by Gasteiger charge is -2.14. The maximum absolute atomic E-state index is 13.5. The minimum atomic E-state index is -0.534. The predicted octanol–water partition coefficient (Wildman–Crippen LogP) is 8.47. The van der Waals surface area contributed by atoms with Gasteiger partial charge in [0.15, 0.2) is 0 Å². The van der Waals surface area contributed by atoms with E-state index < -0.39 is 17.1 Å². The highest BCUT2D eigenvalue weighted by Gasteiger charge is 2.20. The van der Waals surface area contributed by atoms with Crippen LogP contribution in [0.2, 0.25) is 5.02 Å². The molecule has 5 aromatic rings. The van der Waals surface area contributed by atoms with Gasteiger partial charge in [-0.2, -0.15) is 5.26 Å². The molecule has 46 heavy (non-hydrogen) atoms. The molecular formula is C36H27ClN4O3S2. The molecule has 1 aromatic heterocycles. The van der Waals surface area contributed by atoms with Gasteiger partial charge in [-0.05, 0) is 66.6 Å². The first-order valence-electron chi connectivity index (χ1n) is 14.1. The van der Waals surface area contributed by atoms with Gasteiger partial charge in [-0.15, -0.1) is 23.1 Å². The van der Waals surface area contributed by atoms with Crippen LogP contribution in [0.1, 0.15) is 28.4 Å². The van der Waals surface area contributed by atoms with Crippen molar-refractivity contribution >= 4 is 69.2 Å². The van der Waals surface area contributed by atoms with E-state index in [0.29, 0.717) is 32.4 Å². The number of hydrogen-bond acceptors (Lipinski definition) is 6. The van der Waals surface area contributed by atoms with Crippen LogP contribution in [0.5, 0.6) is 0 Å². The van der Waals surface area contributed by atoms with Gasteiger partial charge in [0.1, 0.15) is 16.8 Å². The number of halogens is 1. The summed E-state index contributed by atoms with van der Waals surface area (Å²) in [5, 5.41) is 20.6. The highest BCUT2D eigenvalue weighted by molar-refractivity contribution is 8.00. The first kappa shape index (κ1) is 32.3. The summed E-state index contributed by atoms with van der Waals surface area (Å²) >= 11 is 8.76. The average molecular weight is 663 g/mol. The van der Waals surface area contributed by atoms with E-state index in [9.17, 15) is 19.6 Å². The predicted molar refractivity (Wildman–Crippen MR) is 187 cm³/mol. The van der Waals surface area contributed by atoms with Crippen molar-refractivity contribution in [2.45, 2.75) is 17.1 Å². The van der Waals surface area contributed by atoms with Gasteiger partial charge in [0.2, 0.25) is 5.91 Å². The van der Waals surface area contributed by atoms with Crippen LogP contribution in [0.25, 0.3) is 17.2 Å². The van der Waals surface area contributed by atoms with E-state index in [-0.39, 0.29) is 11.6 Å². The number of rotatable bonds is 10. The summed E-state index contributed by atoms with van der Waals surface area (Å²) in [6.07, 6.45) is 1.55. The van der Waals surface area contributed by atoms with Gasteiger partial charge >= 0.3 is 0 Å². The zero-order chi connectivity index (χ0) is 32.5. The minimum absolute atomic E-state index is 0.0287. The molecule has 4 aromatic carbocycles. The summed E-state index contributed by atoms with van der Waals surface area (Å²) in [6, 6.07) is 34.4. The van der Waals surface area contributed by atoms with E-state index in [4.69, 9.17) is 11.6 Å². The summed E-state index contributed by atoms with van der Waals surface area (Å²) in [5.41, 5.74) is 3.65. The molecule has 0 aliphatic heterocycles. The van der Waals surface area contributed by atoms with Crippen molar-refractivity contribution in [1.82, 2.24) is 5.32 Å². The molecule has 3 amide bonds. The number of anilines is 2. The first-order chi connectivity index (χ1) is 22.3. The molecule has 0 aliphatic carbocycles. The number of thiophene rings is 1. The van der Waals surface area contributed by atoms with Crippen LogP contribution in [0.3, 0.4) is 0 Å². The highest BCUT2D eigenvalue weighted by Crippen LogP contribution is 2.36. The summed E-state index contributed by atoms with van der Waals surface area (Å²) in [7, 11) is 0. The normalized spacial score (nSPS) is 11.6. The SMILES string of the molecule is CC(Sc1cccc(NC(=O)/C(=C/c2cccc(Cl)c2)NC(=O)c2ccccc2)c1)C(=O)Nc1scc(-c2ccccc2)c1C#N. The molecule has 5 rings (SSSR count). The van der Waals surface area contributed by atoms with Crippen molar-refractivity contribution in [3.8, 4) is 17.2 Å². The van der Waals surface area contributed by atoms with Gasteiger partial charge in [-0.3, -0.25) is 14.4 Å². The molecule has 0 saturated carbocycles. The fourth-order valence-corrected chi connectivity index (χ4v) is 6.46. The van der Waals surface area contributed by atoms with Crippen LogP contribution in [0.4, 0.5) is 10.7 Å². The summed E-state index contributed by atoms with van der Waals surface area (Å²) in [6.45, 7) is 1.77. The molecule has 0 aliphatic rings. The van der Waals surface area contributed by atoms with Crippen LogP contribution in [-0.4, -0.2) is 23.0 Å². The van der Waals surface area contributed by atoms with Crippen molar-refractivity contribution in [2.24, 2.45) is 0 Å². The van der Waals surface area contributed by atoms with Gasteiger partial charge in [0.25, 0.3) is 11.8 Å². The van der Waals surface area contributed by atoms with Crippen molar-refractivity contribution in [2.75, 3.05) is 10.6 Å². The molecule has 0 fully saturated rings. The third-order valence-corrected chi connectivity index (χ3v) is 8.91. The molecule has 228 valence electrons. The Morgan fingerprint density at radius 1 is 0.891 bits per heavy atom. The molecule has 0 bridgehead atoms. The zero-order valence-electron chi connectivity index (χ0n) is 24.5. The van der Waals surface area contributed by atoms with E-state index in [2.05, 4.69) is 22.0 Å². The highest BCUT2D eigenvalue weighted by atomic mass is 35.5. The second-order valence-electron chi connectivity index (χ2n) is 10.00. The Morgan fingerprint density at radius 2 is 1.61 bits per heavy atom. The van der Waals surface area contributed by atoms with E-state index >= 15 is 0 Å². The Balaban J connectivity index is 1.28. The fourth-order valence-electron chi connectivity index (χ4n) is 4.41. The van der Waals surface area contributed by atoms with Gasteiger partial charge < -0.3 is 16.0 Å². The Morgan fingerprint density at radius 3 is 2.33 bits per heavy atom. The van der Waals surface area contributed by atoms with Crippen molar-refractivity contribution in [3.63, 3.8) is 0 Å². The van der Waals surface area contributed by atoms with Gasteiger partial charge in [0.05, 0.1) is 10.8 Å². The van der Waals surface area contributed by atoms with Gasteiger partial charge in [-0.25, -0.2) is 0 Å². The molecule has 0 radical (unpaired) electrons. The number of nitrogens with one attached hydrogen (secondary N) is 3. The molecule has 0 saturated heterocycles. The average Bonchev–Trinajstić information content (AvgIpc) is 3.47. The maximum atomic E-state index is 13.5. The zero-order valence-corrected chi connectivity index (χ0v) is 26.9. The van der Waals surface area contributed by atoms with Crippen LogP contribution in [0.15, 0.2) is 125 Å². The smallest absolute Gasteiger partial charge is 0.272 e. The van der Waals surface area contributed by atoms with Crippen LogP contribution in [0, 0.1) is 11.3 Å². The standard InChI is InChI=1S/C36H27ClN4O3S2/c1-23(33(42)41-36-30(21-38)31(22-45-36)25-11-4-2-5-12-25)46-29-17-9-16-28(20-29)39-35(44)32(19-24-10-8-15-27(37)18-24)40-34(43)26-13-6-3-7-14-26/h2-20,22-23H,1H3,(H,39,44)(H,40,43)(H,41,42)/b32-19-. The number of thioether (sulfide) groups is 1. The quantitative estimate of drug-likeness (QED) is 0.103. The minimum Gasteiger partial charge on any atom is -0.321 e. The number of hydrogen-bond donors (Lipinski definition) is 3. The molecule has 0 spiro atoms. The molecular weight excluding hydrogens is 636 g/mol. The molecule has 10 heteroatoms. The fraction of sp³-hybridized carbons (Fsp3) is 0.0556. The Kier molecular flexibility index (Phi) is 10.7. The molecule has 1 unspecified atom stereocenters. The van der Waals surface area contributed by atoms with Crippen LogP contribution < -0.4 is 16.0 Å². The largest absolute Gasteiger partial charge is 0.321 e. The lowest BCUT2D eigenvalue weighted by atomic mass is 10.1. The lowest BCUT2D eigenvalue weighted by Crippen LogP contribution is -2.30. The number of benzene rings is 4. The third-order valence-electron chi connectivity index (χ3n) is 6.69. The molecule has 3 N–H and O–H groups in total. The maximum Gasteiger partial charge on any atom is 0.272 e. The van der Waals surface area contributed by atoms with Gasteiger partial charge in [0, 0.05) is 32.1 Å². The lowest BCUT2D eigenvalue weighted by molar-refractivity contribution is -0.115. The number of nitriles is 1. The molecule has 1 heterocycles. The number of carbonyl (C=O) groups is 3. The number of amides is 3. The Bertz CT molecular complexity index is 1950. The van der Waals surface area contributed by atoms with E-state index in [1.54, 1.807) is 85.8 Å². The topological polar surface area (TPSA) is 111 Å². The number of carbonyl (C=O) groups excluding carboxylic acids is 3. The third kappa shape index (κ3) is 8.31. The monoisotopic (exact) mass is 662 g/mol. The van der Waals surface area contributed by atoms with Crippen LogP contribution >= 0.6 is 34.7 Å². The van der Waals surface area contributed by atoms with E-state index in [0.717, 1.165) is 16.0 Å². The Hall–Kier alpha value is -5.14. The number of nitrogens with zero attached hydrogens (tertiary/aromatic N) is 1. The van der Waals surface area contributed by atoms with Crippen molar-refractivity contribution < 1.29 is 14.4 Å². The second-order valence-corrected chi connectivity index (χ2v) is 12.7.